The first-order valence-corrected chi connectivity index (χ1v) is 13.2. The summed E-state index contributed by atoms with van der Waals surface area (Å²) in [7, 11) is 0. The number of thioether (sulfide) groups is 1. The van der Waals surface area contributed by atoms with Gasteiger partial charge in [0, 0.05) is 37.4 Å². The van der Waals surface area contributed by atoms with Gasteiger partial charge in [0.2, 0.25) is 0 Å². The highest BCUT2D eigenvalue weighted by atomic mass is 35.5. The first-order valence-electron chi connectivity index (χ1n) is 11.9. The van der Waals surface area contributed by atoms with Crippen LogP contribution in [0.1, 0.15) is 26.8 Å². The third-order valence-corrected chi connectivity index (χ3v) is 7.06. The normalized spacial score (nSPS) is 22.2. The topological polar surface area (TPSA) is 132 Å². The van der Waals surface area contributed by atoms with Crippen molar-refractivity contribution in [1.29, 1.82) is 0 Å². The monoisotopic (exact) mass is 614 g/mol. The molecule has 0 saturated carbocycles. The Hall–Kier alpha value is -3.69. The number of carbonyl (C=O) groups excluding carboxylic acids is 3. The van der Waals surface area contributed by atoms with Crippen molar-refractivity contribution < 1.29 is 46.5 Å². The van der Waals surface area contributed by atoms with E-state index in [1.807, 2.05) is 0 Å². The van der Waals surface area contributed by atoms with Crippen LogP contribution in [-0.2, 0) is 33.3 Å². The zero-order valence-electron chi connectivity index (χ0n) is 21.6. The molecule has 0 bridgehead atoms. The zero-order valence-corrected chi connectivity index (χ0v) is 23.2. The number of pyridine rings is 1. The van der Waals surface area contributed by atoms with Crippen LogP contribution in [0.4, 0.5) is 13.2 Å². The van der Waals surface area contributed by atoms with Gasteiger partial charge in [0.1, 0.15) is 35.0 Å². The van der Waals surface area contributed by atoms with E-state index >= 15 is 0 Å². The van der Waals surface area contributed by atoms with E-state index in [-0.39, 0.29) is 23.0 Å². The number of halogens is 4. The maximum atomic E-state index is 13.9. The summed E-state index contributed by atoms with van der Waals surface area (Å²) in [5.74, 6) is -6.63. The molecule has 218 valence electrons. The van der Waals surface area contributed by atoms with Crippen LogP contribution in [0.5, 0.6) is 0 Å². The number of aromatic nitrogens is 4. The Balaban J connectivity index is 1.82. The molecule has 3 heterocycles. The Morgan fingerprint density at radius 3 is 2.29 bits per heavy atom. The minimum Gasteiger partial charge on any atom is -0.463 e. The van der Waals surface area contributed by atoms with E-state index < -0.39 is 65.1 Å². The second kappa shape index (κ2) is 12.9. The second-order valence-electron chi connectivity index (χ2n) is 8.75. The Bertz CT molecular complexity index is 1440. The Morgan fingerprint density at radius 2 is 1.68 bits per heavy atom. The quantitative estimate of drug-likeness (QED) is 0.158. The number of hydrogen-bond donors (Lipinski definition) is 0. The number of carbonyl (C=O) groups is 3. The third kappa shape index (κ3) is 7.34. The second-order valence-corrected chi connectivity index (χ2v) is 10.3. The zero-order chi connectivity index (χ0) is 29.8. The van der Waals surface area contributed by atoms with E-state index in [2.05, 4.69) is 15.3 Å². The number of benzene rings is 1. The van der Waals surface area contributed by atoms with Gasteiger partial charge in [0.05, 0.1) is 6.20 Å². The predicted molar refractivity (Wildman–Crippen MR) is 136 cm³/mol. The smallest absolute Gasteiger partial charge is 0.303 e. The summed E-state index contributed by atoms with van der Waals surface area (Å²) in [5.41, 5.74) is -1.22. The molecule has 5 atom stereocenters. The fraction of sp³-hybridized carbons (Fsp3) is 0.360. The fourth-order valence-corrected chi connectivity index (χ4v) is 5.50. The lowest BCUT2D eigenvalue weighted by Crippen LogP contribution is -2.57. The summed E-state index contributed by atoms with van der Waals surface area (Å²) >= 11 is 7.12. The lowest BCUT2D eigenvalue weighted by Gasteiger charge is -2.44. The van der Waals surface area contributed by atoms with Crippen molar-refractivity contribution >= 4 is 41.3 Å². The van der Waals surface area contributed by atoms with Gasteiger partial charge in [-0.05, 0) is 24.3 Å². The molecule has 11 nitrogen and oxygen atoms in total. The fourth-order valence-electron chi connectivity index (χ4n) is 4.13. The molecule has 0 aliphatic carbocycles. The van der Waals surface area contributed by atoms with E-state index in [1.54, 1.807) is 12.1 Å². The van der Waals surface area contributed by atoms with Crippen LogP contribution in [0.25, 0.3) is 11.3 Å². The van der Waals surface area contributed by atoms with Crippen LogP contribution in [-0.4, -0.2) is 68.2 Å². The van der Waals surface area contributed by atoms with Crippen molar-refractivity contribution in [2.24, 2.45) is 0 Å². The average Bonchev–Trinajstić information content (AvgIpc) is 3.37. The molecular weight excluding hydrogens is 593 g/mol. The molecule has 1 aromatic carbocycles. The van der Waals surface area contributed by atoms with Crippen LogP contribution in [0.2, 0.25) is 5.15 Å². The Kier molecular flexibility index (Phi) is 9.50. The molecule has 1 aliphatic rings. The number of nitrogens with zero attached hydrogens (tertiary/aromatic N) is 4. The van der Waals surface area contributed by atoms with Gasteiger partial charge in [0.15, 0.2) is 29.7 Å². The molecule has 3 aromatic rings. The molecule has 1 saturated heterocycles. The molecule has 2 aromatic heterocycles. The molecule has 0 radical (unpaired) electrons. The number of esters is 3. The van der Waals surface area contributed by atoms with Gasteiger partial charge >= 0.3 is 17.9 Å². The van der Waals surface area contributed by atoms with E-state index in [0.29, 0.717) is 4.90 Å². The van der Waals surface area contributed by atoms with Crippen LogP contribution in [0, 0.1) is 17.5 Å². The first-order chi connectivity index (χ1) is 19.4. The predicted octanol–water partition coefficient (Wildman–Crippen LogP) is 3.90. The minimum atomic E-state index is -1.65. The molecular formula is C25H22ClF3N4O7S. The number of ether oxygens (including phenoxy) is 4. The molecule has 16 heteroatoms. The molecule has 41 heavy (non-hydrogen) atoms. The van der Waals surface area contributed by atoms with Gasteiger partial charge < -0.3 is 18.9 Å². The van der Waals surface area contributed by atoms with Crippen LogP contribution >= 0.6 is 23.4 Å². The summed E-state index contributed by atoms with van der Waals surface area (Å²) in [6.45, 7) is 3.11. The molecule has 3 unspecified atom stereocenters. The van der Waals surface area contributed by atoms with Gasteiger partial charge in [-0.1, -0.05) is 28.6 Å². The molecule has 4 rings (SSSR count). The van der Waals surface area contributed by atoms with Crippen molar-refractivity contribution in [3.8, 4) is 11.3 Å². The van der Waals surface area contributed by atoms with E-state index in [0.717, 1.165) is 37.7 Å². The SMILES string of the molecule is CC(=O)OCC1O[C@H](Sc2ccnc(Cl)c2)C(OC(C)=O)C(n2cc(-c3cc(F)c(F)c(F)c3)nn2)[C@H]1OC(C)=O. The molecule has 0 spiro atoms. The molecule has 1 aliphatic heterocycles. The summed E-state index contributed by atoms with van der Waals surface area (Å²) in [4.78, 5) is 40.5. The van der Waals surface area contributed by atoms with Crippen molar-refractivity contribution in [1.82, 2.24) is 20.0 Å². The van der Waals surface area contributed by atoms with E-state index in [9.17, 15) is 27.6 Å². The van der Waals surface area contributed by atoms with Gasteiger partial charge in [0.25, 0.3) is 0 Å². The molecule has 1 fully saturated rings. The average molecular weight is 615 g/mol. The lowest BCUT2D eigenvalue weighted by molar-refractivity contribution is -0.212. The maximum absolute atomic E-state index is 13.9. The van der Waals surface area contributed by atoms with Gasteiger partial charge in [-0.3, -0.25) is 14.4 Å². The molecule has 0 amide bonds. The first kappa shape index (κ1) is 30.3. The molecule has 0 N–H and O–H groups in total. The van der Waals surface area contributed by atoms with E-state index in [4.69, 9.17) is 30.5 Å². The highest BCUT2D eigenvalue weighted by molar-refractivity contribution is 7.99. The minimum absolute atomic E-state index is 0.0703. The van der Waals surface area contributed by atoms with Gasteiger partial charge in [-0.25, -0.2) is 22.8 Å². The highest BCUT2D eigenvalue weighted by Crippen LogP contribution is 2.41. The van der Waals surface area contributed by atoms with Crippen molar-refractivity contribution in [3.05, 3.63) is 59.3 Å². The van der Waals surface area contributed by atoms with Crippen molar-refractivity contribution in [2.75, 3.05) is 6.61 Å². The van der Waals surface area contributed by atoms with Crippen LogP contribution in [0.3, 0.4) is 0 Å². The summed E-state index contributed by atoms with van der Waals surface area (Å²) in [6, 6.07) is 3.49. The van der Waals surface area contributed by atoms with Crippen LogP contribution < -0.4 is 0 Å². The Morgan fingerprint density at radius 1 is 1.02 bits per heavy atom. The summed E-state index contributed by atoms with van der Waals surface area (Å²) < 4.78 is 65.1. The largest absolute Gasteiger partial charge is 0.463 e. The summed E-state index contributed by atoms with van der Waals surface area (Å²) in [6.07, 6.45) is -0.857. The third-order valence-electron chi connectivity index (χ3n) is 5.72. The lowest BCUT2D eigenvalue weighted by atomic mass is 9.96. The Labute approximate surface area is 240 Å². The highest BCUT2D eigenvalue weighted by Gasteiger charge is 2.52. The van der Waals surface area contributed by atoms with Crippen LogP contribution in [0.15, 0.2) is 41.6 Å². The number of hydrogen-bond acceptors (Lipinski definition) is 11. The maximum Gasteiger partial charge on any atom is 0.303 e. The van der Waals surface area contributed by atoms with Gasteiger partial charge in [-0.15, -0.1) is 5.10 Å². The van der Waals surface area contributed by atoms with Gasteiger partial charge in [-0.2, -0.15) is 0 Å². The van der Waals surface area contributed by atoms with Crippen molar-refractivity contribution in [3.63, 3.8) is 0 Å². The summed E-state index contributed by atoms with van der Waals surface area (Å²) in [5, 5.41) is 8.16. The van der Waals surface area contributed by atoms with Crippen molar-refractivity contribution in [2.45, 2.75) is 55.5 Å². The standard InChI is InChI=1S/C25H22ClF3N4O7S/c1-11(34)37-10-19-23(38-12(2)35)22(33-9-18(31-32-33)14-6-16(27)21(29)17(28)7-14)24(39-13(3)36)25(40-19)41-15-4-5-30-20(26)8-15/h4-9,19,22-25H,10H2,1-3H3/t19?,22?,23-,24?,25+/m0/s1. The number of rotatable bonds is 8. The van der Waals surface area contributed by atoms with E-state index in [1.165, 1.54) is 24.0 Å².